The Kier molecular flexibility index (Phi) is 2.47. The smallest absolute Gasteiger partial charge is 0.0752 e. The summed E-state index contributed by atoms with van der Waals surface area (Å²) in [6.45, 7) is 2.06. The minimum atomic E-state index is 0.621. The molecule has 0 aromatic rings. The van der Waals surface area contributed by atoms with E-state index in [-0.39, 0.29) is 0 Å². The lowest BCUT2D eigenvalue weighted by molar-refractivity contribution is 0.0186. The first-order valence-corrected chi connectivity index (χ1v) is 7.17. The van der Waals surface area contributed by atoms with E-state index < -0.39 is 0 Å². The van der Waals surface area contributed by atoms with E-state index in [1.54, 1.807) is 5.70 Å². The molecule has 0 radical (unpaired) electrons. The molecule has 2 fully saturated rings. The maximum absolute atomic E-state index is 5.37. The largest absolute Gasteiger partial charge is 0.368 e. The van der Waals surface area contributed by atoms with Crippen LogP contribution in [0.5, 0.6) is 0 Å². The normalized spacial score (nSPS) is 34.2. The molecule has 2 saturated heterocycles. The molecule has 4 rings (SSSR count). The summed E-state index contributed by atoms with van der Waals surface area (Å²) < 4.78 is 0. The first-order valence-electron chi connectivity index (χ1n) is 7.17. The molecule has 96 valence electrons. The van der Waals surface area contributed by atoms with Crippen LogP contribution in [0.1, 0.15) is 32.1 Å². The van der Waals surface area contributed by atoms with E-state index >= 15 is 0 Å². The molecule has 0 aromatic heterocycles. The standard InChI is InChI=1S/C15H20N2O/c1-2-13-5-6-15(17(13)8-1)12-4-3-11-7-9-18-16-14(11)10-12/h2,4,10-11,15-16H,1,3,5-9H2. The molecule has 2 atom stereocenters. The zero-order chi connectivity index (χ0) is 11.9. The van der Waals surface area contributed by atoms with E-state index in [0.29, 0.717) is 12.0 Å². The molecule has 0 amide bonds. The molecule has 3 aliphatic heterocycles. The second kappa shape index (κ2) is 4.16. The minimum absolute atomic E-state index is 0.621. The van der Waals surface area contributed by atoms with Crippen LogP contribution >= 0.6 is 0 Å². The van der Waals surface area contributed by atoms with Crippen molar-refractivity contribution in [3.8, 4) is 0 Å². The minimum Gasteiger partial charge on any atom is -0.368 e. The first-order chi connectivity index (χ1) is 8.92. The number of nitrogens with zero attached hydrogens (tertiary/aromatic N) is 1. The van der Waals surface area contributed by atoms with Gasteiger partial charge in [-0.15, -0.1) is 0 Å². The van der Waals surface area contributed by atoms with Crippen LogP contribution in [-0.2, 0) is 4.84 Å². The summed E-state index contributed by atoms with van der Waals surface area (Å²) >= 11 is 0. The molecule has 1 N–H and O–H groups in total. The zero-order valence-electron chi connectivity index (χ0n) is 10.7. The summed E-state index contributed by atoms with van der Waals surface area (Å²) in [5, 5.41) is 0. The van der Waals surface area contributed by atoms with Crippen LogP contribution in [0.2, 0.25) is 0 Å². The zero-order valence-corrected chi connectivity index (χ0v) is 10.7. The Labute approximate surface area is 108 Å². The maximum atomic E-state index is 5.37. The number of allylic oxidation sites excluding steroid dienone is 3. The second-order valence-corrected chi connectivity index (χ2v) is 5.71. The molecule has 18 heavy (non-hydrogen) atoms. The van der Waals surface area contributed by atoms with Crippen molar-refractivity contribution in [2.24, 2.45) is 5.92 Å². The van der Waals surface area contributed by atoms with E-state index in [0.717, 1.165) is 13.0 Å². The molecule has 4 aliphatic rings. The van der Waals surface area contributed by atoms with Gasteiger partial charge in [0.05, 0.1) is 12.6 Å². The number of nitrogens with one attached hydrogen (secondary N) is 1. The molecule has 0 spiro atoms. The van der Waals surface area contributed by atoms with Crippen LogP contribution < -0.4 is 5.48 Å². The van der Waals surface area contributed by atoms with Crippen molar-refractivity contribution in [2.45, 2.75) is 38.1 Å². The fourth-order valence-electron chi connectivity index (χ4n) is 3.74. The van der Waals surface area contributed by atoms with Crippen LogP contribution in [0, 0.1) is 5.92 Å². The van der Waals surface area contributed by atoms with Gasteiger partial charge >= 0.3 is 0 Å². The fourth-order valence-corrected chi connectivity index (χ4v) is 3.74. The van der Waals surface area contributed by atoms with Gasteiger partial charge in [0.1, 0.15) is 0 Å². The lowest BCUT2D eigenvalue weighted by Gasteiger charge is -2.32. The maximum Gasteiger partial charge on any atom is 0.0752 e. The third kappa shape index (κ3) is 1.61. The average molecular weight is 244 g/mol. The Hall–Kier alpha value is -1.22. The van der Waals surface area contributed by atoms with Gasteiger partial charge in [-0.2, -0.15) is 0 Å². The number of hydrogen-bond acceptors (Lipinski definition) is 3. The Balaban J connectivity index is 1.57. The monoisotopic (exact) mass is 244 g/mol. The van der Waals surface area contributed by atoms with Crippen LogP contribution in [-0.4, -0.2) is 24.1 Å². The van der Waals surface area contributed by atoms with Gasteiger partial charge in [0.25, 0.3) is 0 Å². The summed E-state index contributed by atoms with van der Waals surface area (Å²) in [4.78, 5) is 7.97. The number of fused-ring (bicyclic) bond motifs is 2. The quantitative estimate of drug-likeness (QED) is 0.767. The van der Waals surface area contributed by atoms with E-state index in [1.807, 2.05) is 0 Å². The molecule has 3 nitrogen and oxygen atoms in total. The molecular weight excluding hydrogens is 224 g/mol. The molecule has 0 aromatic carbocycles. The summed E-state index contributed by atoms with van der Waals surface area (Å²) in [6.07, 6.45) is 13.3. The average Bonchev–Trinajstić information content (AvgIpc) is 3.00. The summed E-state index contributed by atoms with van der Waals surface area (Å²) in [5.41, 5.74) is 7.50. The van der Waals surface area contributed by atoms with Gasteiger partial charge < -0.3 is 4.90 Å². The van der Waals surface area contributed by atoms with Crippen molar-refractivity contribution >= 4 is 0 Å². The van der Waals surface area contributed by atoms with Crippen molar-refractivity contribution < 1.29 is 4.84 Å². The molecule has 0 bridgehead atoms. The summed E-state index contributed by atoms with van der Waals surface area (Å²) in [7, 11) is 0. The Morgan fingerprint density at radius 1 is 1.28 bits per heavy atom. The van der Waals surface area contributed by atoms with E-state index in [1.165, 1.54) is 43.5 Å². The van der Waals surface area contributed by atoms with E-state index in [2.05, 4.69) is 28.6 Å². The Morgan fingerprint density at radius 3 is 3.28 bits per heavy atom. The molecule has 3 heteroatoms. The van der Waals surface area contributed by atoms with Gasteiger partial charge in [0.15, 0.2) is 0 Å². The predicted octanol–water partition coefficient (Wildman–Crippen LogP) is 2.49. The summed E-state index contributed by atoms with van der Waals surface area (Å²) in [5.74, 6) is 0.664. The van der Waals surface area contributed by atoms with Crippen molar-refractivity contribution in [1.82, 2.24) is 10.4 Å². The van der Waals surface area contributed by atoms with Gasteiger partial charge in [-0.05, 0) is 43.8 Å². The second-order valence-electron chi connectivity index (χ2n) is 5.71. The van der Waals surface area contributed by atoms with Gasteiger partial charge in [-0.1, -0.05) is 12.2 Å². The summed E-state index contributed by atoms with van der Waals surface area (Å²) in [6, 6.07) is 0.621. The molecule has 0 saturated carbocycles. The SMILES string of the molecule is C1=C2NOCCC2CC=C1C1CCC2=CCCN21. The topological polar surface area (TPSA) is 24.5 Å². The van der Waals surface area contributed by atoms with Crippen molar-refractivity contribution in [1.29, 1.82) is 0 Å². The van der Waals surface area contributed by atoms with Crippen LogP contribution in [0.4, 0.5) is 0 Å². The third-order valence-corrected chi connectivity index (χ3v) is 4.71. The number of rotatable bonds is 1. The highest BCUT2D eigenvalue weighted by atomic mass is 16.6. The highest BCUT2D eigenvalue weighted by Crippen LogP contribution is 2.38. The molecule has 3 heterocycles. The highest BCUT2D eigenvalue weighted by Gasteiger charge is 2.33. The lowest BCUT2D eigenvalue weighted by Crippen LogP contribution is -2.33. The Morgan fingerprint density at radius 2 is 2.28 bits per heavy atom. The van der Waals surface area contributed by atoms with Crippen molar-refractivity contribution in [3.05, 3.63) is 35.2 Å². The first kappa shape index (κ1) is 10.7. The lowest BCUT2D eigenvalue weighted by atomic mass is 9.87. The van der Waals surface area contributed by atoms with Gasteiger partial charge in [0.2, 0.25) is 0 Å². The van der Waals surface area contributed by atoms with Gasteiger partial charge in [-0.3, -0.25) is 10.3 Å². The van der Waals surface area contributed by atoms with Crippen LogP contribution in [0.3, 0.4) is 0 Å². The Bertz CT molecular complexity index is 449. The van der Waals surface area contributed by atoms with Crippen molar-refractivity contribution in [3.63, 3.8) is 0 Å². The van der Waals surface area contributed by atoms with Gasteiger partial charge in [-0.25, -0.2) is 0 Å². The highest BCUT2D eigenvalue weighted by molar-refractivity contribution is 5.36. The van der Waals surface area contributed by atoms with E-state index in [4.69, 9.17) is 4.84 Å². The van der Waals surface area contributed by atoms with E-state index in [9.17, 15) is 0 Å². The van der Waals surface area contributed by atoms with Gasteiger partial charge in [0, 0.05) is 23.9 Å². The van der Waals surface area contributed by atoms with Crippen LogP contribution in [0.25, 0.3) is 0 Å². The predicted molar refractivity (Wildman–Crippen MR) is 70.4 cm³/mol. The molecule has 2 unspecified atom stereocenters. The fraction of sp³-hybridized carbons (Fsp3) is 0.600. The molecular formula is C15H20N2O. The number of hydrogen-bond donors (Lipinski definition) is 1. The van der Waals surface area contributed by atoms with Crippen LogP contribution in [0.15, 0.2) is 35.2 Å². The van der Waals surface area contributed by atoms with Crippen molar-refractivity contribution in [2.75, 3.05) is 13.2 Å². The molecule has 1 aliphatic carbocycles. The number of hydroxylamine groups is 1. The third-order valence-electron chi connectivity index (χ3n) is 4.71.